The lowest BCUT2D eigenvalue weighted by Gasteiger charge is -2.36. The third kappa shape index (κ3) is 4.63. The summed E-state index contributed by atoms with van der Waals surface area (Å²) >= 11 is 7.04. The summed E-state index contributed by atoms with van der Waals surface area (Å²) in [5.41, 5.74) is 5.30. The van der Waals surface area contributed by atoms with Crippen LogP contribution in [0.15, 0.2) is 70.4 Å². The van der Waals surface area contributed by atoms with Gasteiger partial charge in [-0.05, 0) is 66.9 Å². The molecule has 0 atom stereocenters. The Kier molecular flexibility index (Phi) is 6.48. The number of piperazine rings is 1. The second kappa shape index (κ2) is 9.43. The van der Waals surface area contributed by atoms with Gasteiger partial charge in [-0.3, -0.25) is 9.36 Å². The number of anilines is 1. The number of aromatic nitrogens is 1. The summed E-state index contributed by atoms with van der Waals surface area (Å²) in [6, 6.07) is 18.6. The van der Waals surface area contributed by atoms with Crippen LogP contribution in [0.3, 0.4) is 0 Å². The molecule has 1 aliphatic rings. The second-order valence-electron chi connectivity index (χ2n) is 8.82. The summed E-state index contributed by atoms with van der Waals surface area (Å²) in [6.07, 6.45) is 0. The van der Waals surface area contributed by atoms with Crippen LogP contribution in [0, 0.1) is 13.8 Å². The summed E-state index contributed by atoms with van der Waals surface area (Å²) in [4.78, 5) is 15.0. The number of halogens is 1. The van der Waals surface area contributed by atoms with Gasteiger partial charge < -0.3 is 4.90 Å². The van der Waals surface area contributed by atoms with Crippen molar-refractivity contribution in [2.45, 2.75) is 25.3 Å². The van der Waals surface area contributed by atoms with Crippen molar-refractivity contribution in [1.29, 1.82) is 0 Å². The minimum absolute atomic E-state index is 0.119. The van der Waals surface area contributed by atoms with E-state index in [9.17, 15) is 13.2 Å². The molecule has 0 bridgehead atoms. The van der Waals surface area contributed by atoms with Gasteiger partial charge in [0, 0.05) is 36.9 Å². The van der Waals surface area contributed by atoms with E-state index in [1.165, 1.54) is 11.1 Å². The van der Waals surface area contributed by atoms with E-state index in [4.69, 9.17) is 11.6 Å². The van der Waals surface area contributed by atoms with Crippen molar-refractivity contribution in [3.05, 3.63) is 92.0 Å². The van der Waals surface area contributed by atoms with Crippen LogP contribution >= 0.6 is 22.9 Å². The van der Waals surface area contributed by atoms with Crippen LogP contribution in [-0.2, 0) is 16.6 Å². The van der Waals surface area contributed by atoms with E-state index in [0.717, 1.165) is 28.1 Å². The molecule has 0 aliphatic carbocycles. The van der Waals surface area contributed by atoms with E-state index >= 15 is 0 Å². The predicted octanol–water partition coefficient (Wildman–Crippen LogP) is 4.89. The highest BCUT2D eigenvalue weighted by atomic mass is 35.5. The zero-order chi connectivity index (χ0) is 24.7. The fourth-order valence-electron chi connectivity index (χ4n) is 4.53. The van der Waals surface area contributed by atoms with Crippen LogP contribution in [0.1, 0.15) is 16.7 Å². The molecule has 2 heterocycles. The number of nitrogens with zero attached hydrogens (tertiary/aromatic N) is 3. The van der Waals surface area contributed by atoms with Crippen LogP contribution in [-0.4, -0.2) is 43.5 Å². The van der Waals surface area contributed by atoms with E-state index in [-0.39, 0.29) is 9.77 Å². The standard InChI is InChI=1S/C26H26ClN3O3S2/c1-18-4-3-5-23(19(18)2)28-12-14-29(15-13-28)35(32,33)22-10-11-24-25(16-22)34-26(31)30(24)17-20-6-8-21(27)9-7-20/h3-11,16H,12-15,17H2,1-2H3. The van der Waals surface area contributed by atoms with Crippen molar-refractivity contribution in [3.63, 3.8) is 0 Å². The van der Waals surface area contributed by atoms with Crippen molar-refractivity contribution in [1.82, 2.24) is 8.87 Å². The van der Waals surface area contributed by atoms with Crippen LogP contribution in [0.25, 0.3) is 10.2 Å². The number of fused-ring (bicyclic) bond motifs is 1. The summed E-state index contributed by atoms with van der Waals surface area (Å²) < 4.78 is 30.7. The van der Waals surface area contributed by atoms with E-state index in [0.29, 0.717) is 42.4 Å². The summed E-state index contributed by atoms with van der Waals surface area (Å²) in [7, 11) is -3.66. The highest BCUT2D eigenvalue weighted by Crippen LogP contribution is 2.28. The van der Waals surface area contributed by atoms with Crippen molar-refractivity contribution >= 4 is 48.9 Å². The van der Waals surface area contributed by atoms with Gasteiger partial charge in [-0.15, -0.1) is 0 Å². The second-order valence-corrected chi connectivity index (χ2v) is 12.2. The molecule has 0 saturated carbocycles. The summed E-state index contributed by atoms with van der Waals surface area (Å²) in [5.74, 6) is 0. The zero-order valence-electron chi connectivity index (χ0n) is 19.6. The van der Waals surface area contributed by atoms with E-state index < -0.39 is 10.0 Å². The topological polar surface area (TPSA) is 62.6 Å². The SMILES string of the molecule is Cc1cccc(N2CCN(S(=O)(=O)c3ccc4c(c3)sc(=O)n4Cc3ccc(Cl)cc3)CC2)c1C. The van der Waals surface area contributed by atoms with Crippen LogP contribution in [0.4, 0.5) is 5.69 Å². The maximum Gasteiger partial charge on any atom is 0.308 e. The number of benzene rings is 3. The Balaban J connectivity index is 1.36. The van der Waals surface area contributed by atoms with E-state index in [1.807, 2.05) is 18.2 Å². The van der Waals surface area contributed by atoms with Crippen LogP contribution in [0.2, 0.25) is 5.02 Å². The minimum Gasteiger partial charge on any atom is -0.369 e. The largest absolute Gasteiger partial charge is 0.369 e. The first kappa shape index (κ1) is 24.1. The van der Waals surface area contributed by atoms with Gasteiger partial charge >= 0.3 is 4.87 Å². The molecule has 0 unspecified atom stereocenters. The lowest BCUT2D eigenvalue weighted by Crippen LogP contribution is -2.48. The number of rotatable bonds is 5. The number of aryl methyl sites for hydroxylation is 1. The van der Waals surface area contributed by atoms with Crippen molar-refractivity contribution in [3.8, 4) is 0 Å². The first-order chi connectivity index (χ1) is 16.7. The Morgan fingerprint density at radius 2 is 1.66 bits per heavy atom. The third-order valence-electron chi connectivity index (χ3n) is 6.69. The maximum atomic E-state index is 13.4. The molecule has 182 valence electrons. The lowest BCUT2D eigenvalue weighted by molar-refractivity contribution is 0.385. The minimum atomic E-state index is -3.66. The van der Waals surface area contributed by atoms with E-state index in [1.54, 1.807) is 39.2 Å². The van der Waals surface area contributed by atoms with Gasteiger partial charge in [-0.1, -0.05) is 47.2 Å². The molecule has 3 aromatic carbocycles. The predicted molar refractivity (Wildman–Crippen MR) is 144 cm³/mol. The quantitative estimate of drug-likeness (QED) is 0.370. The molecular formula is C26H26ClN3O3S2. The summed E-state index contributed by atoms with van der Waals surface area (Å²) in [5, 5.41) is 0.640. The Morgan fingerprint density at radius 1 is 0.943 bits per heavy atom. The number of thiazole rings is 1. The average molecular weight is 528 g/mol. The van der Waals surface area contributed by atoms with Gasteiger partial charge in [-0.25, -0.2) is 8.42 Å². The fraction of sp³-hybridized carbons (Fsp3) is 0.269. The number of hydrogen-bond acceptors (Lipinski definition) is 5. The number of hydrogen-bond donors (Lipinski definition) is 0. The Bertz CT molecular complexity index is 1550. The Hall–Kier alpha value is -2.65. The molecule has 1 saturated heterocycles. The van der Waals surface area contributed by atoms with Gasteiger partial charge in [0.2, 0.25) is 10.0 Å². The molecule has 0 amide bonds. The first-order valence-electron chi connectivity index (χ1n) is 11.4. The average Bonchev–Trinajstić information content (AvgIpc) is 3.16. The van der Waals surface area contributed by atoms with Gasteiger partial charge in [-0.2, -0.15) is 4.31 Å². The molecule has 1 fully saturated rings. The van der Waals surface area contributed by atoms with Crippen molar-refractivity contribution in [2.75, 3.05) is 31.1 Å². The Morgan fingerprint density at radius 3 is 2.37 bits per heavy atom. The molecule has 5 rings (SSSR count). The van der Waals surface area contributed by atoms with Gasteiger partial charge in [0.1, 0.15) is 0 Å². The van der Waals surface area contributed by atoms with Crippen molar-refractivity contribution < 1.29 is 8.42 Å². The van der Waals surface area contributed by atoms with E-state index in [2.05, 4.69) is 30.9 Å². The van der Waals surface area contributed by atoms with Crippen LogP contribution < -0.4 is 9.77 Å². The Labute approximate surface area is 214 Å². The molecule has 0 spiro atoms. The first-order valence-corrected chi connectivity index (χ1v) is 14.1. The highest BCUT2D eigenvalue weighted by molar-refractivity contribution is 7.89. The normalized spacial score (nSPS) is 15.1. The highest BCUT2D eigenvalue weighted by Gasteiger charge is 2.29. The molecule has 4 aromatic rings. The smallest absolute Gasteiger partial charge is 0.308 e. The van der Waals surface area contributed by atoms with Gasteiger partial charge in [0.25, 0.3) is 0 Å². The third-order valence-corrected chi connectivity index (χ3v) is 9.78. The molecule has 1 aromatic heterocycles. The molecule has 6 nitrogen and oxygen atoms in total. The summed E-state index contributed by atoms with van der Waals surface area (Å²) in [6.45, 7) is 6.71. The molecule has 0 radical (unpaired) electrons. The molecule has 0 N–H and O–H groups in total. The van der Waals surface area contributed by atoms with Crippen molar-refractivity contribution in [2.24, 2.45) is 0 Å². The van der Waals surface area contributed by atoms with Crippen LogP contribution in [0.5, 0.6) is 0 Å². The molecule has 9 heteroatoms. The molecule has 35 heavy (non-hydrogen) atoms. The fourth-order valence-corrected chi connectivity index (χ4v) is 7.11. The van der Waals surface area contributed by atoms with Gasteiger partial charge in [0.15, 0.2) is 0 Å². The number of sulfonamides is 1. The molecule has 1 aliphatic heterocycles. The molecular weight excluding hydrogens is 502 g/mol. The maximum absolute atomic E-state index is 13.4. The lowest BCUT2D eigenvalue weighted by atomic mass is 10.1. The zero-order valence-corrected chi connectivity index (χ0v) is 22.0. The van der Waals surface area contributed by atoms with Gasteiger partial charge in [0.05, 0.1) is 21.7 Å². The monoisotopic (exact) mass is 527 g/mol.